The highest BCUT2D eigenvalue weighted by molar-refractivity contribution is 9.10. The van der Waals surface area contributed by atoms with Crippen molar-refractivity contribution >= 4 is 21.8 Å². The molecule has 0 saturated heterocycles. The van der Waals surface area contributed by atoms with Crippen LogP contribution < -0.4 is 5.11 Å². The van der Waals surface area contributed by atoms with Gasteiger partial charge in [0.1, 0.15) is 0 Å². The quantitative estimate of drug-likeness (QED) is 0.509. The predicted octanol–water partition coefficient (Wildman–Crippen LogP) is 1.19. The zero-order valence-electron chi connectivity index (χ0n) is 6.04. The van der Waals surface area contributed by atoms with E-state index < -0.39 is 0 Å². The van der Waals surface area contributed by atoms with E-state index in [1.165, 1.54) is 7.05 Å². The van der Waals surface area contributed by atoms with E-state index in [1.54, 1.807) is 6.07 Å². The lowest BCUT2D eigenvalue weighted by Crippen LogP contribution is -2.18. The second-order valence-electron chi connectivity index (χ2n) is 2.01. The first kappa shape index (κ1) is 8.27. The van der Waals surface area contributed by atoms with Gasteiger partial charge < -0.3 is 10.1 Å². The summed E-state index contributed by atoms with van der Waals surface area (Å²) in [6.07, 6.45) is 0. The molecule has 0 heterocycles. The maximum absolute atomic E-state index is 11.0. The first-order valence-electron chi connectivity index (χ1n) is 3.14. The Hall–Kier alpha value is -0.830. The van der Waals surface area contributed by atoms with Crippen LogP contribution in [0.2, 0.25) is 0 Å². The van der Waals surface area contributed by atoms with Crippen molar-refractivity contribution in [2.75, 3.05) is 7.05 Å². The summed E-state index contributed by atoms with van der Waals surface area (Å²) < 4.78 is 0.788. The van der Waals surface area contributed by atoms with Crippen LogP contribution >= 0.6 is 15.9 Å². The van der Waals surface area contributed by atoms with Gasteiger partial charge in [-0.25, -0.2) is 0 Å². The predicted molar refractivity (Wildman–Crippen MR) is 46.6 cm³/mol. The van der Waals surface area contributed by atoms with E-state index in [1.807, 2.05) is 18.2 Å². The lowest BCUT2D eigenvalue weighted by atomic mass is 10.2. The van der Waals surface area contributed by atoms with Gasteiger partial charge in [-0.3, -0.25) is 0 Å². The third-order valence-corrected chi connectivity index (χ3v) is 2.00. The molecule has 0 amide bonds. The molecular weight excluding hydrogens is 206 g/mol. The van der Waals surface area contributed by atoms with Crippen LogP contribution in [0, 0.1) is 0 Å². The molecular formula is C8H7BrNO-. The number of nitrogens with zero attached hydrogens (tertiary/aromatic N) is 1. The lowest BCUT2D eigenvalue weighted by Gasteiger charge is -2.10. The molecule has 58 valence electrons. The first-order chi connectivity index (χ1) is 5.25. The second kappa shape index (κ2) is 3.53. The van der Waals surface area contributed by atoms with E-state index in [0.717, 1.165) is 4.47 Å². The van der Waals surface area contributed by atoms with Crippen LogP contribution in [0.3, 0.4) is 0 Å². The van der Waals surface area contributed by atoms with Gasteiger partial charge >= 0.3 is 0 Å². The fourth-order valence-corrected chi connectivity index (χ4v) is 1.21. The largest absolute Gasteiger partial charge is 0.858 e. The maximum Gasteiger partial charge on any atom is 0.0270 e. The smallest absolute Gasteiger partial charge is 0.0270 e. The summed E-state index contributed by atoms with van der Waals surface area (Å²) in [7, 11) is 1.49. The summed E-state index contributed by atoms with van der Waals surface area (Å²) in [5, 5.41) is 11.0. The van der Waals surface area contributed by atoms with Gasteiger partial charge in [0.2, 0.25) is 0 Å². The van der Waals surface area contributed by atoms with Gasteiger partial charge in [0.25, 0.3) is 0 Å². The molecule has 0 aliphatic carbocycles. The fraction of sp³-hybridized carbons (Fsp3) is 0.125. The van der Waals surface area contributed by atoms with E-state index >= 15 is 0 Å². The third-order valence-electron chi connectivity index (χ3n) is 1.31. The Bertz CT molecular complexity index is 283. The average Bonchev–Trinajstić information content (AvgIpc) is 2.04. The standard InChI is InChI=1S/C8H8BrNO/c1-10-8(11)6-4-2-3-5-7(6)9/h2-5H,1H3,(H,10,11)/p-1. The number of benzene rings is 1. The van der Waals surface area contributed by atoms with E-state index in [0.29, 0.717) is 5.56 Å². The fourth-order valence-electron chi connectivity index (χ4n) is 0.755. The van der Waals surface area contributed by atoms with Crippen molar-refractivity contribution < 1.29 is 5.11 Å². The van der Waals surface area contributed by atoms with E-state index in [4.69, 9.17) is 0 Å². The molecule has 0 aliphatic heterocycles. The molecule has 0 unspecified atom stereocenters. The number of aliphatic imine (C=N–C) groups is 1. The number of rotatable bonds is 1. The molecule has 3 heteroatoms. The van der Waals surface area contributed by atoms with Gasteiger partial charge in [-0.15, -0.1) is 0 Å². The summed E-state index contributed by atoms with van der Waals surface area (Å²) >= 11 is 3.26. The zero-order chi connectivity index (χ0) is 8.27. The van der Waals surface area contributed by atoms with Gasteiger partial charge in [-0.1, -0.05) is 34.1 Å². The molecule has 0 bridgehead atoms. The Labute approximate surface area is 73.7 Å². The SMILES string of the molecule is CN=C([O-])c1ccccc1Br. The Balaban J connectivity index is 3.14. The van der Waals surface area contributed by atoms with Crippen LogP contribution in [0.5, 0.6) is 0 Å². The van der Waals surface area contributed by atoms with Crippen molar-refractivity contribution in [1.29, 1.82) is 0 Å². The Morgan fingerprint density at radius 2 is 2.09 bits per heavy atom. The molecule has 1 aromatic rings. The van der Waals surface area contributed by atoms with Crippen LogP contribution in [0.15, 0.2) is 33.7 Å². The van der Waals surface area contributed by atoms with Crippen molar-refractivity contribution in [3.05, 3.63) is 34.3 Å². The minimum atomic E-state index is -0.197. The van der Waals surface area contributed by atoms with Crippen molar-refractivity contribution in [1.82, 2.24) is 0 Å². The summed E-state index contributed by atoms with van der Waals surface area (Å²) in [6, 6.07) is 7.22. The van der Waals surface area contributed by atoms with Crippen LogP contribution in [0.25, 0.3) is 0 Å². The first-order valence-corrected chi connectivity index (χ1v) is 3.93. The molecule has 0 atom stereocenters. The Morgan fingerprint density at radius 1 is 1.45 bits per heavy atom. The van der Waals surface area contributed by atoms with Gasteiger partial charge in [0, 0.05) is 11.5 Å². The highest BCUT2D eigenvalue weighted by Gasteiger charge is 1.95. The minimum Gasteiger partial charge on any atom is -0.858 e. The van der Waals surface area contributed by atoms with E-state index in [9.17, 15) is 5.11 Å². The third kappa shape index (κ3) is 1.80. The molecule has 0 fully saturated rings. The van der Waals surface area contributed by atoms with Crippen molar-refractivity contribution in [3.8, 4) is 0 Å². The molecule has 2 nitrogen and oxygen atoms in total. The van der Waals surface area contributed by atoms with Gasteiger partial charge in [0.15, 0.2) is 0 Å². The van der Waals surface area contributed by atoms with Crippen molar-refractivity contribution in [2.24, 2.45) is 4.99 Å². The lowest BCUT2D eigenvalue weighted by molar-refractivity contribution is -0.213. The van der Waals surface area contributed by atoms with Crippen molar-refractivity contribution in [2.45, 2.75) is 0 Å². The molecule has 0 aromatic heterocycles. The highest BCUT2D eigenvalue weighted by atomic mass is 79.9. The second-order valence-corrected chi connectivity index (χ2v) is 2.86. The van der Waals surface area contributed by atoms with Gasteiger partial charge in [0.05, 0.1) is 0 Å². The average molecular weight is 213 g/mol. The minimum absolute atomic E-state index is 0.197. The van der Waals surface area contributed by atoms with Gasteiger partial charge in [-0.2, -0.15) is 0 Å². The van der Waals surface area contributed by atoms with Crippen molar-refractivity contribution in [3.63, 3.8) is 0 Å². The van der Waals surface area contributed by atoms with Gasteiger partial charge in [-0.05, 0) is 17.5 Å². The number of halogens is 1. The summed E-state index contributed by atoms with van der Waals surface area (Å²) in [5.41, 5.74) is 0.606. The number of hydrogen-bond donors (Lipinski definition) is 0. The molecule has 11 heavy (non-hydrogen) atoms. The van der Waals surface area contributed by atoms with Crippen LogP contribution in [0.1, 0.15) is 5.56 Å². The van der Waals surface area contributed by atoms with Crippen LogP contribution in [0.4, 0.5) is 0 Å². The normalized spacial score (nSPS) is 11.6. The van der Waals surface area contributed by atoms with E-state index in [-0.39, 0.29) is 5.90 Å². The Kier molecular flexibility index (Phi) is 2.65. The number of hydrogen-bond acceptors (Lipinski definition) is 2. The molecule has 0 radical (unpaired) electrons. The monoisotopic (exact) mass is 212 g/mol. The molecule has 0 aliphatic rings. The summed E-state index contributed by atoms with van der Waals surface area (Å²) in [6.45, 7) is 0. The molecule has 1 aromatic carbocycles. The molecule has 0 spiro atoms. The van der Waals surface area contributed by atoms with Crippen LogP contribution in [-0.2, 0) is 0 Å². The van der Waals surface area contributed by atoms with Crippen LogP contribution in [-0.4, -0.2) is 12.9 Å². The van der Waals surface area contributed by atoms with E-state index in [2.05, 4.69) is 20.9 Å². The summed E-state index contributed by atoms with van der Waals surface area (Å²) in [5.74, 6) is -0.197. The Morgan fingerprint density at radius 3 is 2.64 bits per heavy atom. The molecule has 0 saturated carbocycles. The molecule has 1 rings (SSSR count). The zero-order valence-corrected chi connectivity index (χ0v) is 7.63. The maximum atomic E-state index is 11.0. The topological polar surface area (TPSA) is 35.4 Å². The summed E-state index contributed by atoms with van der Waals surface area (Å²) in [4.78, 5) is 3.55. The highest BCUT2D eigenvalue weighted by Crippen LogP contribution is 2.14. The molecule has 0 N–H and O–H groups in total.